The third-order valence-corrected chi connectivity index (χ3v) is 3.68. The molecular weight excluding hydrogens is 256 g/mol. The van der Waals surface area contributed by atoms with Gasteiger partial charge < -0.3 is 4.74 Å². The second-order valence-corrected chi connectivity index (χ2v) is 5.15. The molecule has 4 heteroatoms. The van der Waals surface area contributed by atoms with Gasteiger partial charge >= 0.3 is 5.97 Å². The van der Waals surface area contributed by atoms with Gasteiger partial charge in [0.05, 0.1) is 18.1 Å². The van der Waals surface area contributed by atoms with Crippen molar-refractivity contribution in [2.24, 2.45) is 0 Å². The van der Waals surface area contributed by atoms with E-state index in [2.05, 4.69) is 6.92 Å². The van der Waals surface area contributed by atoms with Crippen LogP contribution in [0.3, 0.4) is 0 Å². The normalized spacial score (nSPS) is 10.2. The number of hydrogen-bond acceptors (Lipinski definition) is 3. The molecule has 0 spiro atoms. The predicted molar refractivity (Wildman–Crippen MR) is 72.7 cm³/mol. The molecule has 0 aliphatic heterocycles. The lowest BCUT2D eigenvalue weighted by molar-refractivity contribution is -0.143. The van der Waals surface area contributed by atoms with Gasteiger partial charge in [-0.1, -0.05) is 37.1 Å². The van der Waals surface area contributed by atoms with Crippen LogP contribution in [0.2, 0.25) is 5.02 Å². The molecule has 0 N–H and O–H groups in total. The number of hydrogen-bond donors (Lipinski definition) is 0. The number of unbranched alkanes of at least 4 members (excludes halogenated alkanes) is 1. The Morgan fingerprint density at radius 1 is 1.41 bits per heavy atom. The van der Waals surface area contributed by atoms with Gasteiger partial charge in [0.25, 0.3) is 0 Å². The van der Waals surface area contributed by atoms with Gasteiger partial charge in [-0.05, 0) is 18.6 Å². The van der Waals surface area contributed by atoms with Crippen molar-refractivity contribution >= 4 is 29.3 Å². The average Bonchev–Trinajstić information content (AvgIpc) is 2.32. The van der Waals surface area contributed by atoms with Gasteiger partial charge in [-0.25, -0.2) is 0 Å². The minimum atomic E-state index is -0.127. The Labute approximate surface area is 112 Å². The van der Waals surface area contributed by atoms with Crippen molar-refractivity contribution in [2.45, 2.75) is 31.1 Å². The minimum absolute atomic E-state index is 0.127. The highest BCUT2D eigenvalue weighted by atomic mass is 35.5. The number of thioether (sulfide) groups is 1. The standard InChI is InChI=1S/C13H17ClO2S/c1-2-3-9-16-13(15)8-10-17-12-7-5-4-6-11(12)14/h4-7H,2-3,8-10H2,1H3. The maximum Gasteiger partial charge on any atom is 0.306 e. The van der Waals surface area contributed by atoms with Crippen LogP contribution in [0, 0.1) is 0 Å². The average molecular weight is 273 g/mol. The molecule has 0 unspecified atom stereocenters. The lowest BCUT2D eigenvalue weighted by atomic mass is 10.4. The van der Waals surface area contributed by atoms with E-state index in [0.29, 0.717) is 18.8 Å². The third-order valence-electron chi connectivity index (χ3n) is 2.16. The number of ether oxygens (including phenoxy) is 1. The van der Waals surface area contributed by atoms with E-state index in [1.807, 2.05) is 24.3 Å². The number of esters is 1. The van der Waals surface area contributed by atoms with Crippen LogP contribution in [0.15, 0.2) is 29.2 Å². The second kappa shape index (κ2) is 8.43. The molecule has 0 bridgehead atoms. The van der Waals surface area contributed by atoms with E-state index >= 15 is 0 Å². The molecule has 2 nitrogen and oxygen atoms in total. The van der Waals surface area contributed by atoms with Crippen molar-refractivity contribution in [1.82, 2.24) is 0 Å². The first-order valence-corrected chi connectivity index (χ1v) is 7.13. The molecule has 0 amide bonds. The van der Waals surface area contributed by atoms with Crippen LogP contribution in [0.25, 0.3) is 0 Å². The molecule has 0 atom stereocenters. The SMILES string of the molecule is CCCCOC(=O)CCSc1ccccc1Cl. The van der Waals surface area contributed by atoms with Gasteiger partial charge in [-0.3, -0.25) is 4.79 Å². The van der Waals surface area contributed by atoms with E-state index in [0.717, 1.165) is 22.8 Å². The molecule has 0 fully saturated rings. The third kappa shape index (κ3) is 5.99. The fraction of sp³-hybridized carbons (Fsp3) is 0.462. The first-order valence-electron chi connectivity index (χ1n) is 5.77. The minimum Gasteiger partial charge on any atom is -0.466 e. The van der Waals surface area contributed by atoms with Crippen LogP contribution in [-0.4, -0.2) is 18.3 Å². The summed E-state index contributed by atoms with van der Waals surface area (Å²) in [6.07, 6.45) is 2.41. The van der Waals surface area contributed by atoms with E-state index in [4.69, 9.17) is 16.3 Å². The fourth-order valence-electron chi connectivity index (χ4n) is 1.21. The van der Waals surface area contributed by atoms with E-state index < -0.39 is 0 Å². The molecule has 0 aliphatic carbocycles. The molecule has 17 heavy (non-hydrogen) atoms. The summed E-state index contributed by atoms with van der Waals surface area (Å²) in [4.78, 5) is 12.3. The van der Waals surface area contributed by atoms with Crippen molar-refractivity contribution in [3.8, 4) is 0 Å². The van der Waals surface area contributed by atoms with Gasteiger partial charge in [0.1, 0.15) is 0 Å². The maximum atomic E-state index is 11.3. The van der Waals surface area contributed by atoms with E-state index in [-0.39, 0.29) is 5.97 Å². The van der Waals surface area contributed by atoms with Crippen LogP contribution < -0.4 is 0 Å². The van der Waals surface area contributed by atoms with E-state index in [1.165, 1.54) is 0 Å². The fourth-order valence-corrected chi connectivity index (χ4v) is 2.38. The summed E-state index contributed by atoms with van der Waals surface area (Å²) in [5.41, 5.74) is 0. The topological polar surface area (TPSA) is 26.3 Å². The number of rotatable bonds is 7. The van der Waals surface area contributed by atoms with Crippen molar-refractivity contribution in [3.63, 3.8) is 0 Å². The molecule has 0 aromatic heterocycles. The van der Waals surface area contributed by atoms with Gasteiger partial charge in [-0.15, -0.1) is 11.8 Å². The second-order valence-electron chi connectivity index (χ2n) is 3.60. The highest BCUT2D eigenvalue weighted by Gasteiger charge is 2.04. The Morgan fingerprint density at radius 2 is 2.18 bits per heavy atom. The predicted octanol–water partition coefficient (Wildman–Crippen LogP) is 4.17. The summed E-state index contributed by atoms with van der Waals surface area (Å²) in [6.45, 7) is 2.60. The molecule has 1 aromatic rings. The van der Waals surface area contributed by atoms with Crippen molar-refractivity contribution in [2.75, 3.05) is 12.4 Å². The maximum absolute atomic E-state index is 11.3. The monoisotopic (exact) mass is 272 g/mol. The smallest absolute Gasteiger partial charge is 0.306 e. The van der Waals surface area contributed by atoms with Crippen LogP contribution >= 0.6 is 23.4 Å². The molecule has 0 aliphatic rings. The number of carbonyl (C=O) groups excluding carboxylic acids is 1. The lowest BCUT2D eigenvalue weighted by Crippen LogP contribution is -2.06. The quantitative estimate of drug-likeness (QED) is 0.423. The highest BCUT2D eigenvalue weighted by molar-refractivity contribution is 7.99. The Bertz CT molecular complexity index is 355. The van der Waals surface area contributed by atoms with E-state index in [1.54, 1.807) is 11.8 Å². The van der Waals surface area contributed by atoms with Gasteiger partial charge in [0.15, 0.2) is 0 Å². The zero-order valence-electron chi connectivity index (χ0n) is 9.95. The summed E-state index contributed by atoms with van der Waals surface area (Å²) >= 11 is 7.59. The molecule has 94 valence electrons. The molecule has 1 rings (SSSR count). The summed E-state index contributed by atoms with van der Waals surface area (Å²) in [5, 5.41) is 0.733. The summed E-state index contributed by atoms with van der Waals surface area (Å²) in [5.74, 6) is 0.576. The molecule has 0 heterocycles. The summed E-state index contributed by atoms with van der Waals surface area (Å²) in [6, 6.07) is 7.64. The first kappa shape index (κ1) is 14.4. The zero-order valence-corrected chi connectivity index (χ0v) is 11.5. The lowest BCUT2D eigenvalue weighted by Gasteiger charge is -2.04. The largest absolute Gasteiger partial charge is 0.466 e. The summed E-state index contributed by atoms with van der Waals surface area (Å²) < 4.78 is 5.07. The first-order chi connectivity index (χ1) is 8.24. The van der Waals surface area contributed by atoms with Gasteiger partial charge in [0.2, 0.25) is 0 Å². The van der Waals surface area contributed by atoms with Crippen LogP contribution in [0.1, 0.15) is 26.2 Å². The van der Waals surface area contributed by atoms with E-state index in [9.17, 15) is 4.79 Å². The van der Waals surface area contributed by atoms with Crippen LogP contribution in [0.5, 0.6) is 0 Å². The van der Waals surface area contributed by atoms with Crippen molar-refractivity contribution in [1.29, 1.82) is 0 Å². The van der Waals surface area contributed by atoms with Crippen LogP contribution in [-0.2, 0) is 9.53 Å². The molecule has 1 aromatic carbocycles. The zero-order chi connectivity index (χ0) is 12.5. The molecule has 0 saturated heterocycles. The van der Waals surface area contributed by atoms with Crippen molar-refractivity contribution in [3.05, 3.63) is 29.3 Å². The highest BCUT2D eigenvalue weighted by Crippen LogP contribution is 2.26. The Balaban J connectivity index is 2.19. The summed E-state index contributed by atoms with van der Waals surface area (Å²) in [7, 11) is 0. The Hall–Kier alpha value is -0.670. The number of halogens is 1. The Kier molecular flexibility index (Phi) is 7.13. The molecule has 0 saturated carbocycles. The van der Waals surface area contributed by atoms with Gasteiger partial charge in [0, 0.05) is 10.6 Å². The number of benzene rings is 1. The Morgan fingerprint density at radius 3 is 2.88 bits per heavy atom. The molecule has 0 radical (unpaired) electrons. The van der Waals surface area contributed by atoms with Crippen molar-refractivity contribution < 1.29 is 9.53 Å². The van der Waals surface area contributed by atoms with Crippen LogP contribution in [0.4, 0.5) is 0 Å². The number of carbonyl (C=O) groups is 1. The van der Waals surface area contributed by atoms with Gasteiger partial charge in [-0.2, -0.15) is 0 Å². The molecular formula is C13H17ClO2S.